The Morgan fingerprint density at radius 1 is 1.09 bits per heavy atom. The third-order valence-electron chi connectivity index (χ3n) is 7.41. The van der Waals surface area contributed by atoms with Crippen LogP contribution in [0.1, 0.15) is 89.5 Å². The second-order valence-electron chi connectivity index (χ2n) is 10.2. The van der Waals surface area contributed by atoms with Crippen LogP contribution in [0.4, 0.5) is 0 Å². The molecule has 174 valence electrons. The van der Waals surface area contributed by atoms with E-state index in [1.54, 1.807) is 7.11 Å². The summed E-state index contributed by atoms with van der Waals surface area (Å²) in [6.07, 6.45) is 1.42. The summed E-state index contributed by atoms with van der Waals surface area (Å²) in [4.78, 5) is 37.9. The number of carbonyl (C=O) groups is 3. The Balaban J connectivity index is 2.14. The van der Waals surface area contributed by atoms with Crippen LogP contribution in [0.3, 0.4) is 0 Å². The van der Waals surface area contributed by atoms with Crippen molar-refractivity contribution in [2.75, 3.05) is 7.11 Å². The summed E-state index contributed by atoms with van der Waals surface area (Å²) in [6.45, 7) is 10.9. The van der Waals surface area contributed by atoms with E-state index in [0.717, 1.165) is 18.4 Å². The van der Waals surface area contributed by atoms with E-state index in [1.165, 1.54) is 13.8 Å². The number of methoxy groups -OCH3 is 1. The van der Waals surface area contributed by atoms with E-state index < -0.39 is 29.6 Å². The average Bonchev–Trinajstić information content (AvgIpc) is 2.92. The Morgan fingerprint density at radius 2 is 1.72 bits per heavy atom. The topological polar surface area (TPSA) is 88.1 Å². The molecule has 0 unspecified atom stereocenters. The Bertz CT molecular complexity index is 992. The number of hydrogen-bond acceptors (Lipinski definition) is 7. The van der Waals surface area contributed by atoms with Gasteiger partial charge in [-0.3, -0.25) is 14.4 Å². The van der Waals surface area contributed by atoms with Crippen molar-refractivity contribution in [2.45, 2.75) is 84.3 Å². The number of hydrogen-bond donors (Lipinski definition) is 0. The molecule has 2 bridgehead atoms. The molecule has 2 aliphatic carbocycles. The molecule has 1 aromatic carbocycles. The molecule has 1 aromatic rings. The maximum Gasteiger partial charge on any atom is 0.317 e. The second-order valence-corrected chi connectivity index (χ2v) is 10.2. The molecule has 4 rings (SSSR count). The van der Waals surface area contributed by atoms with Gasteiger partial charge in [0.1, 0.15) is 17.6 Å². The first-order valence-corrected chi connectivity index (χ1v) is 11.3. The molecule has 7 heteroatoms. The van der Waals surface area contributed by atoms with Crippen molar-refractivity contribution in [1.29, 1.82) is 0 Å². The van der Waals surface area contributed by atoms with Crippen molar-refractivity contribution in [3.8, 4) is 11.5 Å². The van der Waals surface area contributed by atoms with Gasteiger partial charge in [-0.1, -0.05) is 34.1 Å². The van der Waals surface area contributed by atoms with Gasteiger partial charge in [-0.15, -0.1) is 0 Å². The first-order chi connectivity index (χ1) is 15.0. The van der Waals surface area contributed by atoms with E-state index in [4.69, 9.17) is 18.9 Å². The predicted molar refractivity (Wildman–Crippen MR) is 116 cm³/mol. The number of esters is 3. The quantitative estimate of drug-likeness (QED) is 0.504. The molecule has 0 amide bonds. The summed E-state index contributed by atoms with van der Waals surface area (Å²) in [7, 11) is 1.60. The molecular weight excluding hydrogens is 412 g/mol. The minimum atomic E-state index is -0.980. The minimum Gasteiger partial charge on any atom is -0.458 e. The van der Waals surface area contributed by atoms with Crippen LogP contribution in [0, 0.1) is 11.3 Å². The molecule has 1 aliphatic heterocycles. The van der Waals surface area contributed by atoms with Crippen LogP contribution in [-0.2, 0) is 29.3 Å². The second kappa shape index (κ2) is 7.58. The van der Waals surface area contributed by atoms with Gasteiger partial charge >= 0.3 is 17.9 Å². The molecule has 0 radical (unpaired) electrons. The summed E-state index contributed by atoms with van der Waals surface area (Å²) >= 11 is 0. The average molecular weight is 445 g/mol. The van der Waals surface area contributed by atoms with Gasteiger partial charge in [0.25, 0.3) is 0 Å². The van der Waals surface area contributed by atoms with E-state index in [-0.39, 0.29) is 34.7 Å². The maximum atomic E-state index is 13.6. The van der Waals surface area contributed by atoms with Crippen LogP contribution in [0.5, 0.6) is 11.5 Å². The largest absolute Gasteiger partial charge is 0.458 e. The highest BCUT2D eigenvalue weighted by molar-refractivity contribution is 5.91. The minimum absolute atomic E-state index is 0.0336. The van der Waals surface area contributed by atoms with Crippen molar-refractivity contribution in [3.05, 3.63) is 22.8 Å². The van der Waals surface area contributed by atoms with E-state index in [0.29, 0.717) is 17.5 Å². The predicted octanol–water partition coefficient (Wildman–Crippen LogP) is 4.35. The number of rotatable bonds is 4. The fraction of sp³-hybridized carbons (Fsp3) is 0.640. The lowest BCUT2D eigenvalue weighted by Gasteiger charge is -2.52. The summed E-state index contributed by atoms with van der Waals surface area (Å²) in [5.74, 6) is -1.23. The Hall–Kier alpha value is -2.41. The zero-order valence-corrected chi connectivity index (χ0v) is 19.9. The third kappa shape index (κ3) is 3.08. The molecule has 32 heavy (non-hydrogen) atoms. The molecule has 0 spiro atoms. The number of fused-ring (bicyclic) bond motifs is 1. The summed E-state index contributed by atoms with van der Waals surface area (Å²) in [6, 6.07) is 1.94. The normalized spacial score (nSPS) is 29.8. The smallest absolute Gasteiger partial charge is 0.317 e. The van der Waals surface area contributed by atoms with Crippen LogP contribution < -0.4 is 9.47 Å². The van der Waals surface area contributed by atoms with Gasteiger partial charge in [0.15, 0.2) is 11.5 Å². The van der Waals surface area contributed by atoms with Crippen molar-refractivity contribution in [1.82, 2.24) is 0 Å². The summed E-state index contributed by atoms with van der Waals surface area (Å²) in [5, 5.41) is 0. The van der Waals surface area contributed by atoms with Gasteiger partial charge in [-0.05, 0) is 35.8 Å². The van der Waals surface area contributed by atoms with Crippen LogP contribution in [0.2, 0.25) is 0 Å². The van der Waals surface area contributed by atoms with Gasteiger partial charge < -0.3 is 18.9 Å². The van der Waals surface area contributed by atoms with Crippen LogP contribution >= 0.6 is 0 Å². The maximum absolute atomic E-state index is 13.6. The molecular formula is C25H32O7. The highest BCUT2D eigenvalue weighted by atomic mass is 16.6. The molecule has 2 fully saturated rings. The van der Waals surface area contributed by atoms with E-state index in [1.807, 2.05) is 19.9 Å². The molecule has 1 saturated carbocycles. The standard InChI is InChI=1S/C25H32O7/c1-12(2)15-11-16-17(20(31-14(4)27)19(15)30-13(3)26)25-10-8-9-24(5,6)22(25)21(18(16)29-7)32-23(25)28/h11-12,18,21-22H,8-10H2,1-7H3/t18-,21+,22-,25-/m0/s1. The van der Waals surface area contributed by atoms with Gasteiger partial charge in [-0.2, -0.15) is 0 Å². The Kier molecular flexibility index (Phi) is 5.39. The summed E-state index contributed by atoms with van der Waals surface area (Å²) in [5.41, 5.74) is 0.889. The van der Waals surface area contributed by atoms with Crippen LogP contribution in [-0.4, -0.2) is 31.1 Å². The Labute approximate surface area is 188 Å². The van der Waals surface area contributed by atoms with Crippen molar-refractivity contribution >= 4 is 17.9 Å². The van der Waals surface area contributed by atoms with Crippen molar-refractivity contribution < 1.29 is 33.3 Å². The van der Waals surface area contributed by atoms with Gasteiger partial charge in [-0.25, -0.2) is 0 Å². The fourth-order valence-electron chi connectivity index (χ4n) is 6.39. The molecule has 0 aromatic heterocycles. The van der Waals surface area contributed by atoms with E-state index in [9.17, 15) is 14.4 Å². The van der Waals surface area contributed by atoms with Gasteiger partial charge in [0.05, 0.1) is 0 Å². The monoisotopic (exact) mass is 444 g/mol. The van der Waals surface area contributed by atoms with Crippen LogP contribution in [0.15, 0.2) is 6.07 Å². The molecule has 4 atom stereocenters. The van der Waals surface area contributed by atoms with E-state index >= 15 is 0 Å². The first-order valence-electron chi connectivity index (χ1n) is 11.3. The summed E-state index contributed by atoms with van der Waals surface area (Å²) < 4.78 is 23.3. The lowest BCUT2D eigenvalue weighted by Crippen LogP contribution is -2.54. The van der Waals surface area contributed by atoms with Crippen molar-refractivity contribution in [3.63, 3.8) is 0 Å². The molecule has 3 aliphatic rings. The molecule has 1 heterocycles. The van der Waals surface area contributed by atoms with Crippen molar-refractivity contribution in [2.24, 2.45) is 11.3 Å². The number of ether oxygens (including phenoxy) is 4. The molecule has 7 nitrogen and oxygen atoms in total. The number of carbonyl (C=O) groups excluding carboxylic acids is 3. The lowest BCUT2D eigenvalue weighted by atomic mass is 9.49. The third-order valence-corrected chi connectivity index (χ3v) is 7.41. The number of benzene rings is 1. The highest BCUT2D eigenvalue weighted by Crippen LogP contribution is 2.67. The zero-order valence-electron chi connectivity index (χ0n) is 19.9. The first kappa shape index (κ1) is 22.8. The van der Waals surface area contributed by atoms with Gasteiger partial charge in [0, 0.05) is 38.0 Å². The van der Waals surface area contributed by atoms with Gasteiger partial charge in [0.2, 0.25) is 0 Å². The van der Waals surface area contributed by atoms with Crippen LogP contribution in [0.25, 0.3) is 0 Å². The SMILES string of the molecule is CO[C@H]1c2cc(C(C)C)c(OC(C)=O)c(OC(C)=O)c2[C@@]23CCCC(C)(C)[C@@H]2[C@@H]1OC3=O. The fourth-order valence-corrected chi connectivity index (χ4v) is 6.39. The highest BCUT2D eigenvalue weighted by Gasteiger charge is 2.70. The molecule has 1 saturated heterocycles. The molecule has 0 N–H and O–H groups in total. The van der Waals surface area contributed by atoms with E-state index in [2.05, 4.69) is 13.8 Å². The lowest BCUT2D eigenvalue weighted by molar-refractivity contribution is -0.149. The zero-order chi connectivity index (χ0) is 23.6. The Morgan fingerprint density at radius 3 is 2.28 bits per heavy atom.